The molecule has 0 saturated carbocycles. The van der Waals surface area contributed by atoms with Crippen LogP contribution >= 0.6 is 11.6 Å². The molecule has 0 aromatic heterocycles. The summed E-state index contributed by atoms with van der Waals surface area (Å²) >= 11 is 5.86. The quantitative estimate of drug-likeness (QED) is 0.732. The number of carbonyl (C=O) groups is 3. The summed E-state index contributed by atoms with van der Waals surface area (Å²) in [4.78, 5) is 39.6. The number of anilines is 1. The zero-order valence-corrected chi connectivity index (χ0v) is 17.9. The molecule has 1 heterocycles. The zero-order chi connectivity index (χ0) is 21.7. The minimum atomic E-state index is -0.709. The molecule has 0 radical (unpaired) electrons. The average molecular weight is 428 g/mol. The predicted molar refractivity (Wildman–Crippen MR) is 118 cm³/mol. The Balaban J connectivity index is 1.63. The molecule has 1 aliphatic rings. The van der Waals surface area contributed by atoms with Crippen molar-refractivity contribution < 1.29 is 14.4 Å². The van der Waals surface area contributed by atoms with Crippen molar-refractivity contribution in [2.75, 3.05) is 18.4 Å². The Labute approximate surface area is 181 Å². The lowest BCUT2D eigenvalue weighted by Crippen LogP contribution is -2.47. The van der Waals surface area contributed by atoms with Crippen LogP contribution in [-0.2, 0) is 4.79 Å². The molecule has 1 unspecified atom stereocenters. The molecule has 3 amide bonds. The van der Waals surface area contributed by atoms with Gasteiger partial charge in [0, 0.05) is 34.9 Å². The summed E-state index contributed by atoms with van der Waals surface area (Å²) in [5.41, 5.74) is 1.61. The lowest BCUT2D eigenvalue weighted by molar-refractivity contribution is -0.118. The van der Waals surface area contributed by atoms with Gasteiger partial charge in [-0.05, 0) is 67.3 Å². The van der Waals surface area contributed by atoms with Crippen molar-refractivity contribution in [1.82, 2.24) is 10.2 Å². The molecule has 0 spiro atoms. The lowest BCUT2D eigenvalue weighted by atomic mass is 10.0. The smallest absolute Gasteiger partial charge is 0.253 e. The fourth-order valence-corrected chi connectivity index (χ4v) is 3.51. The van der Waals surface area contributed by atoms with Crippen LogP contribution in [0.3, 0.4) is 0 Å². The van der Waals surface area contributed by atoms with E-state index in [1.807, 2.05) is 18.7 Å². The second kappa shape index (κ2) is 9.76. The molecule has 2 N–H and O–H groups in total. The molecule has 0 bridgehead atoms. The minimum Gasteiger partial charge on any atom is -0.340 e. The van der Waals surface area contributed by atoms with Gasteiger partial charge in [0.05, 0.1) is 0 Å². The molecule has 1 aliphatic heterocycles. The molecule has 7 heteroatoms. The van der Waals surface area contributed by atoms with Gasteiger partial charge in [0.15, 0.2) is 0 Å². The first-order valence-corrected chi connectivity index (χ1v) is 10.5. The largest absolute Gasteiger partial charge is 0.340 e. The van der Waals surface area contributed by atoms with Gasteiger partial charge in [0.25, 0.3) is 11.8 Å². The third kappa shape index (κ3) is 5.39. The molecule has 2 aromatic rings. The number of carbonyl (C=O) groups excluding carboxylic acids is 3. The fourth-order valence-electron chi connectivity index (χ4n) is 3.38. The van der Waals surface area contributed by atoms with Gasteiger partial charge in [-0.1, -0.05) is 25.4 Å². The number of benzene rings is 2. The van der Waals surface area contributed by atoms with E-state index in [0.29, 0.717) is 21.8 Å². The van der Waals surface area contributed by atoms with Crippen molar-refractivity contribution in [1.29, 1.82) is 0 Å². The van der Waals surface area contributed by atoms with Gasteiger partial charge in [0.2, 0.25) is 5.91 Å². The van der Waals surface area contributed by atoms with Gasteiger partial charge in [0.1, 0.15) is 6.04 Å². The molecular weight excluding hydrogens is 402 g/mol. The molecule has 1 fully saturated rings. The monoisotopic (exact) mass is 427 g/mol. The zero-order valence-electron chi connectivity index (χ0n) is 17.2. The van der Waals surface area contributed by atoms with Crippen molar-refractivity contribution in [2.24, 2.45) is 5.92 Å². The van der Waals surface area contributed by atoms with E-state index in [1.165, 1.54) is 0 Å². The third-order valence-electron chi connectivity index (χ3n) is 5.13. The summed E-state index contributed by atoms with van der Waals surface area (Å²) in [6.45, 7) is 5.32. The Kier molecular flexibility index (Phi) is 7.11. The van der Waals surface area contributed by atoms with Crippen molar-refractivity contribution in [3.05, 3.63) is 64.7 Å². The van der Waals surface area contributed by atoms with Crippen molar-refractivity contribution in [3.63, 3.8) is 0 Å². The van der Waals surface area contributed by atoms with Crippen LogP contribution < -0.4 is 10.6 Å². The summed E-state index contributed by atoms with van der Waals surface area (Å²) in [5, 5.41) is 6.15. The summed E-state index contributed by atoms with van der Waals surface area (Å²) in [6, 6.07) is 12.6. The molecule has 30 heavy (non-hydrogen) atoms. The molecule has 158 valence electrons. The molecular formula is C23H26ClN3O3. The Morgan fingerprint density at radius 3 is 2.03 bits per heavy atom. The first kappa shape index (κ1) is 21.8. The van der Waals surface area contributed by atoms with Gasteiger partial charge in [-0.2, -0.15) is 0 Å². The Hall–Kier alpha value is -2.86. The molecule has 0 aliphatic carbocycles. The number of rotatable bonds is 6. The minimum absolute atomic E-state index is 0.0145. The Bertz CT molecular complexity index is 904. The van der Waals surface area contributed by atoms with Crippen LogP contribution in [0.4, 0.5) is 5.69 Å². The maximum atomic E-state index is 12.8. The second-order valence-electron chi connectivity index (χ2n) is 7.77. The molecule has 6 nitrogen and oxygen atoms in total. The van der Waals surface area contributed by atoms with E-state index >= 15 is 0 Å². The maximum absolute atomic E-state index is 12.8. The van der Waals surface area contributed by atoms with Crippen LogP contribution in [0.5, 0.6) is 0 Å². The molecule has 2 aromatic carbocycles. The van der Waals surface area contributed by atoms with E-state index in [2.05, 4.69) is 10.6 Å². The predicted octanol–water partition coefficient (Wildman–Crippen LogP) is 3.97. The van der Waals surface area contributed by atoms with E-state index in [1.54, 1.807) is 48.5 Å². The second-order valence-corrected chi connectivity index (χ2v) is 8.20. The SMILES string of the molecule is CC(C)C(NC(=O)c1ccc(Cl)cc1)C(=O)Nc1ccc(C(=O)N2CCCC2)cc1. The molecule has 1 saturated heterocycles. The number of likely N-dealkylation sites (tertiary alicyclic amines) is 1. The highest BCUT2D eigenvalue weighted by molar-refractivity contribution is 6.30. The molecule has 3 rings (SSSR count). The van der Waals surface area contributed by atoms with Crippen LogP contribution in [0, 0.1) is 5.92 Å². The number of nitrogens with one attached hydrogen (secondary N) is 2. The fraction of sp³-hybridized carbons (Fsp3) is 0.348. The van der Waals surface area contributed by atoms with Crippen LogP contribution in [0.1, 0.15) is 47.4 Å². The van der Waals surface area contributed by atoms with Crippen molar-refractivity contribution >= 4 is 35.0 Å². The number of halogens is 1. The van der Waals surface area contributed by atoms with Crippen LogP contribution in [0.15, 0.2) is 48.5 Å². The van der Waals surface area contributed by atoms with Gasteiger partial charge in [-0.25, -0.2) is 0 Å². The van der Waals surface area contributed by atoms with Crippen LogP contribution in [0.25, 0.3) is 0 Å². The Morgan fingerprint density at radius 2 is 1.47 bits per heavy atom. The highest BCUT2D eigenvalue weighted by Gasteiger charge is 2.25. The number of hydrogen-bond acceptors (Lipinski definition) is 3. The number of nitrogens with zero attached hydrogens (tertiary/aromatic N) is 1. The number of amides is 3. The van der Waals surface area contributed by atoms with Gasteiger partial charge >= 0.3 is 0 Å². The van der Waals surface area contributed by atoms with E-state index in [0.717, 1.165) is 25.9 Å². The third-order valence-corrected chi connectivity index (χ3v) is 5.39. The average Bonchev–Trinajstić information content (AvgIpc) is 3.27. The van der Waals surface area contributed by atoms with Gasteiger partial charge in [-0.15, -0.1) is 0 Å². The van der Waals surface area contributed by atoms with Crippen LogP contribution in [-0.4, -0.2) is 41.8 Å². The highest BCUT2D eigenvalue weighted by atomic mass is 35.5. The molecule has 1 atom stereocenters. The lowest BCUT2D eigenvalue weighted by Gasteiger charge is -2.22. The van der Waals surface area contributed by atoms with Crippen molar-refractivity contribution in [3.8, 4) is 0 Å². The van der Waals surface area contributed by atoms with E-state index in [-0.39, 0.29) is 23.6 Å². The normalized spacial score (nSPS) is 14.5. The first-order valence-electron chi connectivity index (χ1n) is 10.1. The summed E-state index contributed by atoms with van der Waals surface area (Å²) in [7, 11) is 0. The maximum Gasteiger partial charge on any atom is 0.253 e. The summed E-state index contributed by atoms with van der Waals surface area (Å²) in [6.07, 6.45) is 2.08. The van der Waals surface area contributed by atoms with Gasteiger partial charge < -0.3 is 15.5 Å². The topological polar surface area (TPSA) is 78.5 Å². The highest BCUT2D eigenvalue weighted by Crippen LogP contribution is 2.17. The van der Waals surface area contributed by atoms with Gasteiger partial charge in [-0.3, -0.25) is 14.4 Å². The van der Waals surface area contributed by atoms with E-state index < -0.39 is 6.04 Å². The summed E-state index contributed by atoms with van der Waals surface area (Å²) < 4.78 is 0. The number of hydrogen-bond donors (Lipinski definition) is 2. The van der Waals surface area contributed by atoms with E-state index in [9.17, 15) is 14.4 Å². The van der Waals surface area contributed by atoms with Crippen LogP contribution in [0.2, 0.25) is 5.02 Å². The first-order chi connectivity index (χ1) is 14.3. The van der Waals surface area contributed by atoms with Crippen molar-refractivity contribution in [2.45, 2.75) is 32.7 Å². The standard InChI is InChI=1S/C23H26ClN3O3/c1-15(2)20(26-21(28)16-5-9-18(24)10-6-16)22(29)25-19-11-7-17(8-12-19)23(30)27-13-3-4-14-27/h5-12,15,20H,3-4,13-14H2,1-2H3,(H,25,29)(H,26,28). The Morgan fingerprint density at radius 1 is 0.900 bits per heavy atom. The summed E-state index contributed by atoms with van der Waals surface area (Å²) in [5.74, 6) is -0.754. The van der Waals surface area contributed by atoms with E-state index in [4.69, 9.17) is 11.6 Å².